The summed E-state index contributed by atoms with van der Waals surface area (Å²) in [4.78, 5) is 20.1. The first-order chi connectivity index (χ1) is 15.3. The number of aryl methyl sites for hydroxylation is 3. The van der Waals surface area contributed by atoms with Gasteiger partial charge in [0.25, 0.3) is 5.91 Å². The molecule has 1 aromatic carbocycles. The number of nitrogens with zero attached hydrogens (tertiary/aromatic N) is 6. The number of hydrogen-bond donors (Lipinski definition) is 0. The van der Waals surface area contributed by atoms with E-state index in [4.69, 9.17) is 9.72 Å². The maximum atomic E-state index is 13.6. The Labute approximate surface area is 187 Å². The first kappa shape index (κ1) is 21.5. The van der Waals surface area contributed by atoms with Crippen molar-refractivity contribution in [1.82, 2.24) is 29.4 Å². The van der Waals surface area contributed by atoms with E-state index in [-0.39, 0.29) is 5.91 Å². The van der Waals surface area contributed by atoms with Crippen molar-refractivity contribution in [2.75, 3.05) is 14.2 Å². The summed E-state index contributed by atoms with van der Waals surface area (Å²) in [6.07, 6.45) is 1.84. The lowest BCUT2D eigenvalue weighted by atomic mass is 10.0. The molecule has 3 aromatic heterocycles. The third-order valence-corrected chi connectivity index (χ3v) is 5.84. The first-order valence-electron chi connectivity index (χ1n) is 10.6. The topological polar surface area (TPSA) is 78.1 Å². The molecule has 0 bridgehead atoms. The maximum absolute atomic E-state index is 13.6. The van der Waals surface area contributed by atoms with Gasteiger partial charge in [0.05, 0.1) is 35.6 Å². The summed E-state index contributed by atoms with van der Waals surface area (Å²) in [6.45, 7) is 7.27. The summed E-state index contributed by atoms with van der Waals surface area (Å²) < 4.78 is 8.93. The van der Waals surface area contributed by atoms with Crippen molar-refractivity contribution in [1.29, 1.82) is 0 Å². The molecule has 0 unspecified atom stereocenters. The minimum atomic E-state index is -0.0769. The van der Waals surface area contributed by atoms with Crippen molar-refractivity contribution < 1.29 is 9.53 Å². The molecule has 0 atom stereocenters. The summed E-state index contributed by atoms with van der Waals surface area (Å²) in [5.41, 5.74) is 5.79. The molecule has 0 radical (unpaired) electrons. The Bertz CT molecular complexity index is 1290. The van der Waals surface area contributed by atoms with E-state index in [0.717, 1.165) is 45.9 Å². The number of rotatable bonds is 6. The molecule has 3 heterocycles. The van der Waals surface area contributed by atoms with Crippen LogP contribution in [0.5, 0.6) is 5.75 Å². The highest BCUT2D eigenvalue weighted by atomic mass is 16.5. The quantitative estimate of drug-likeness (QED) is 0.464. The van der Waals surface area contributed by atoms with Gasteiger partial charge in [-0.1, -0.05) is 0 Å². The van der Waals surface area contributed by atoms with Gasteiger partial charge in [0.2, 0.25) is 0 Å². The van der Waals surface area contributed by atoms with Gasteiger partial charge in [0, 0.05) is 44.0 Å². The Kier molecular flexibility index (Phi) is 5.69. The molecule has 0 aliphatic rings. The number of amides is 1. The fraction of sp³-hybridized carbons (Fsp3) is 0.333. The van der Waals surface area contributed by atoms with Crippen LogP contribution in [-0.4, -0.2) is 49.5 Å². The van der Waals surface area contributed by atoms with Gasteiger partial charge < -0.3 is 9.64 Å². The Hall–Kier alpha value is -3.68. The van der Waals surface area contributed by atoms with Gasteiger partial charge in [-0.2, -0.15) is 10.2 Å². The standard InChI is InChI=1S/C24H28N6O2/c1-7-30-16(3)18(13-25-30)14-28(4)24(31)20-12-21(17-8-10-19(32-6)11-9-17)26-23-22(20)15(2)27-29(23)5/h8-13H,7,14H2,1-6H3. The average Bonchev–Trinajstić information content (AvgIpc) is 3.30. The van der Waals surface area contributed by atoms with E-state index in [1.54, 1.807) is 16.7 Å². The van der Waals surface area contributed by atoms with Crippen molar-refractivity contribution in [2.24, 2.45) is 7.05 Å². The van der Waals surface area contributed by atoms with Crippen molar-refractivity contribution in [3.05, 3.63) is 59.0 Å². The van der Waals surface area contributed by atoms with E-state index < -0.39 is 0 Å². The minimum Gasteiger partial charge on any atom is -0.497 e. The van der Waals surface area contributed by atoms with Gasteiger partial charge in [-0.25, -0.2) is 4.98 Å². The van der Waals surface area contributed by atoms with Crippen molar-refractivity contribution in [3.63, 3.8) is 0 Å². The van der Waals surface area contributed by atoms with E-state index in [2.05, 4.69) is 17.1 Å². The van der Waals surface area contributed by atoms with Gasteiger partial charge in [0.1, 0.15) is 5.75 Å². The summed E-state index contributed by atoms with van der Waals surface area (Å²) in [7, 11) is 5.30. The lowest BCUT2D eigenvalue weighted by Crippen LogP contribution is -2.27. The number of benzene rings is 1. The zero-order valence-electron chi connectivity index (χ0n) is 19.4. The Morgan fingerprint density at radius 3 is 2.53 bits per heavy atom. The number of carbonyl (C=O) groups excluding carboxylic acids is 1. The predicted octanol–water partition coefficient (Wildman–Crippen LogP) is 3.75. The molecule has 0 spiro atoms. The van der Waals surface area contributed by atoms with E-state index in [0.29, 0.717) is 17.8 Å². The highest BCUT2D eigenvalue weighted by Crippen LogP contribution is 2.29. The van der Waals surface area contributed by atoms with E-state index in [9.17, 15) is 4.79 Å². The van der Waals surface area contributed by atoms with E-state index in [1.807, 2.05) is 69.2 Å². The van der Waals surface area contributed by atoms with Gasteiger partial charge in [-0.05, 0) is 51.1 Å². The van der Waals surface area contributed by atoms with Crippen molar-refractivity contribution in [3.8, 4) is 17.0 Å². The molecule has 32 heavy (non-hydrogen) atoms. The monoisotopic (exact) mass is 432 g/mol. The summed E-state index contributed by atoms with van der Waals surface area (Å²) >= 11 is 0. The molecule has 0 aliphatic carbocycles. The molecule has 166 valence electrons. The molecule has 8 nitrogen and oxygen atoms in total. The molecule has 0 aliphatic heterocycles. The van der Waals surface area contributed by atoms with Crippen LogP contribution in [0, 0.1) is 13.8 Å². The third kappa shape index (κ3) is 3.72. The number of aromatic nitrogens is 5. The van der Waals surface area contributed by atoms with Crippen LogP contribution in [0.25, 0.3) is 22.3 Å². The number of fused-ring (bicyclic) bond motifs is 1. The molecule has 4 aromatic rings. The number of pyridine rings is 1. The van der Waals surface area contributed by atoms with Gasteiger partial charge in [-0.3, -0.25) is 14.2 Å². The molecule has 8 heteroatoms. The number of hydrogen-bond acceptors (Lipinski definition) is 5. The summed E-state index contributed by atoms with van der Waals surface area (Å²) in [5.74, 6) is 0.692. The fourth-order valence-corrected chi connectivity index (χ4v) is 4.02. The second kappa shape index (κ2) is 8.45. The highest BCUT2D eigenvalue weighted by Gasteiger charge is 2.22. The van der Waals surface area contributed by atoms with E-state index >= 15 is 0 Å². The number of carbonyl (C=O) groups is 1. The lowest BCUT2D eigenvalue weighted by Gasteiger charge is -2.18. The van der Waals surface area contributed by atoms with Crippen LogP contribution in [-0.2, 0) is 20.1 Å². The Balaban J connectivity index is 1.77. The zero-order chi connectivity index (χ0) is 23.0. The van der Waals surface area contributed by atoms with Crippen LogP contribution in [0.15, 0.2) is 36.5 Å². The van der Waals surface area contributed by atoms with Crippen LogP contribution in [0.3, 0.4) is 0 Å². The van der Waals surface area contributed by atoms with Gasteiger partial charge in [-0.15, -0.1) is 0 Å². The molecule has 0 saturated carbocycles. The number of methoxy groups -OCH3 is 1. The van der Waals surface area contributed by atoms with Crippen LogP contribution >= 0.6 is 0 Å². The van der Waals surface area contributed by atoms with Crippen LogP contribution < -0.4 is 4.74 Å². The molecular formula is C24H28N6O2. The van der Waals surface area contributed by atoms with Gasteiger partial charge in [0.15, 0.2) is 5.65 Å². The minimum absolute atomic E-state index is 0.0769. The second-order valence-corrected chi connectivity index (χ2v) is 7.92. The molecular weight excluding hydrogens is 404 g/mol. The van der Waals surface area contributed by atoms with Crippen LogP contribution in [0.2, 0.25) is 0 Å². The summed E-state index contributed by atoms with van der Waals surface area (Å²) in [6, 6.07) is 9.52. The van der Waals surface area contributed by atoms with Crippen molar-refractivity contribution >= 4 is 16.9 Å². The Morgan fingerprint density at radius 1 is 1.19 bits per heavy atom. The zero-order valence-corrected chi connectivity index (χ0v) is 19.4. The van der Waals surface area contributed by atoms with Gasteiger partial charge >= 0.3 is 0 Å². The number of ether oxygens (including phenoxy) is 1. The summed E-state index contributed by atoms with van der Waals surface area (Å²) in [5, 5.41) is 9.70. The smallest absolute Gasteiger partial charge is 0.254 e. The highest BCUT2D eigenvalue weighted by molar-refractivity contribution is 6.07. The van der Waals surface area contributed by atoms with E-state index in [1.165, 1.54) is 0 Å². The fourth-order valence-electron chi connectivity index (χ4n) is 4.02. The Morgan fingerprint density at radius 2 is 1.91 bits per heavy atom. The predicted molar refractivity (Wildman–Crippen MR) is 124 cm³/mol. The average molecular weight is 433 g/mol. The van der Waals surface area contributed by atoms with Crippen LogP contribution in [0.4, 0.5) is 0 Å². The SMILES string of the molecule is CCn1ncc(CN(C)C(=O)c2cc(-c3ccc(OC)cc3)nc3c2c(C)nn3C)c1C. The second-order valence-electron chi connectivity index (χ2n) is 7.92. The maximum Gasteiger partial charge on any atom is 0.254 e. The molecule has 4 rings (SSSR count). The molecule has 0 fully saturated rings. The largest absolute Gasteiger partial charge is 0.497 e. The molecule has 0 N–H and O–H groups in total. The lowest BCUT2D eigenvalue weighted by molar-refractivity contribution is 0.0786. The third-order valence-electron chi connectivity index (χ3n) is 5.84. The van der Waals surface area contributed by atoms with Crippen LogP contribution in [0.1, 0.15) is 34.2 Å². The van der Waals surface area contributed by atoms with Crippen molar-refractivity contribution in [2.45, 2.75) is 33.9 Å². The molecule has 1 amide bonds. The first-order valence-corrected chi connectivity index (χ1v) is 10.6. The molecule has 0 saturated heterocycles. The normalized spacial score (nSPS) is 11.2.